The van der Waals surface area contributed by atoms with E-state index >= 15 is 0 Å². The molecule has 6 nitrogen and oxygen atoms in total. The molecule has 2 rings (SSSR count). The minimum absolute atomic E-state index is 0.181. The van der Waals surface area contributed by atoms with Gasteiger partial charge in [-0.05, 0) is 36.2 Å². The van der Waals surface area contributed by atoms with Gasteiger partial charge in [0.05, 0.1) is 14.2 Å². The van der Waals surface area contributed by atoms with Gasteiger partial charge in [-0.2, -0.15) is 0 Å². The van der Waals surface area contributed by atoms with Crippen molar-refractivity contribution in [1.29, 1.82) is 0 Å². The third-order valence-corrected chi connectivity index (χ3v) is 3.47. The number of hydrogen-bond acceptors (Lipinski definition) is 4. The second-order valence-corrected chi connectivity index (χ2v) is 5.40. The maximum Gasteiger partial charge on any atom is 0.573 e. The molecule has 0 atom stereocenters. The number of carbonyl (C=O) groups is 1. The first-order chi connectivity index (χ1) is 12.8. The maximum absolute atomic E-state index is 12.2. The molecule has 2 N–H and O–H groups in total. The Morgan fingerprint density at radius 2 is 1.78 bits per heavy atom. The van der Waals surface area contributed by atoms with Crippen molar-refractivity contribution in [1.82, 2.24) is 5.32 Å². The van der Waals surface area contributed by atoms with E-state index in [1.54, 1.807) is 12.1 Å². The summed E-state index contributed by atoms with van der Waals surface area (Å²) in [5.74, 6) is 0.777. The predicted molar refractivity (Wildman–Crippen MR) is 93.4 cm³/mol. The molecule has 0 fully saturated rings. The molecular formula is C18H19F3N2O4. The zero-order valence-electron chi connectivity index (χ0n) is 14.7. The predicted octanol–water partition coefficient (Wildman–Crippen LogP) is 3.97. The lowest BCUT2D eigenvalue weighted by atomic mass is 10.1. The zero-order chi connectivity index (χ0) is 19.9. The highest BCUT2D eigenvalue weighted by molar-refractivity contribution is 5.89. The number of benzene rings is 2. The Kier molecular flexibility index (Phi) is 6.75. The van der Waals surface area contributed by atoms with Crippen LogP contribution in [0.1, 0.15) is 5.56 Å². The lowest BCUT2D eigenvalue weighted by molar-refractivity contribution is -0.274. The van der Waals surface area contributed by atoms with Gasteiger partial charge in [-0.1, -0.05) is 12.1 Å². The van der Waals surface area contributed by atoms with E-state index in [0.717, 1.165) is 17.7 Å². The highest BCUT2D eigenvalue weighted by atomic mass is 19.4. The lowest BCUT2D eigenvalue weighted by Crippen LogP contribution is -2.30. The highest BCUT2D eigenvalue weighted by Gasteiger charge is 2.31. The second-order valence-electron chi connectivity index (χ2n) is 5.40. The Labute approximate surface area is 154 Å². The third kappa shape index (κ3) is 6.61. The Morgan fingerprint density at radius 1 is 1.04 bits per heavy atom. The number of urea groups is 1. The molecule has 0 saturated carbocycles. The molecule has 0 saturated heterocycles. The van der Waals surface area contributed by atoms with Crippen molar-refractivity contribution in [3.8, 4) is 17.2 Å². The van der Waals surface area contributed by atoms with E-state index in [2.05, 4.69) is 15.4 Å². The van der Waals surface area contributed by atoms with Crippen LogP contribution in [0.3, 0.4) is 0 Å². The number of hydrogen-bond donors (Lipinski definition) is 2. The van der Waals surface area contributed by atoms with Crippen molar-refractivity contribution in [2.24, 2.45) is 0 Å². The van der Waals surface area contributed by atoms with Crippen molar-refractivity contribution in [3.63, 3.8) is 0 Å². The SMILES string of the molecule is COc1ccc(CCNC(=O)Nc2cccc(OC(F)(F)F)c2)cc1OC. The molecule has 0 heterocycles. The third-order valence-electron chi connectivity index (χ3n) is 3.47. The van der Waals surface area contributed by atoms with Crippen molar-refractivity contribution >= 4 is 11.7 Å². The Balaban J connectivity index is 1.85. The number of ether oxygens (including phenoxy) is 3. The van der Waals surface area contributed by atoms with Gasteiger partial charge < -0.3 is 24.8 Å². The molecule has 0 radical (unpaired) electrons. The van der Waals surface area contributed by atoms with Crippen LogP contribution in [-0.4, -0.2) is 33.2 Å². The molecule has 2 aromatic carbocycles. The number of amides is 2. The topological polar surface area (TPSA) is 68.8 Å². The van der Waals surface area contributed by atoms with E-state index in [1.165, 1.54) is 26.4 Å². The normalized spacial score (nSPS) is 10.9. The molecule has 0 unspecified atom stereocenters. The molecule has 146 valence electrons. The maximum atomic E-state index is 12.2. The summed E-state index contributed by atoms with van der Waals surface area (Å²) in [5, 5.41) is 5.08. The monoisotopic (exact) mass is 384 g/mol. The van der Waals surface area contributed by atoms with Crippen molar-refractivity contribution in [2.45, 2.75) is 12.8 Å². The summed E-state index contributed by atoms with van der Waals surface area (Å²) in [4.78, 5) is 11.9. The number of alkyl halides is 3. The molecule has 0 aliphatic heterocycles. The van der Waals surface area contributed by atoms with E-state index < -0.39 is 18.1 Å². The molecule has 2 amide bonds. The summed E-state index contributed by atoms with van der Waals surface area (Å²) >= 11 is 0. The average Bonchev–Trinajstić information content (AvgIpc) is 2.60. The highest BCUT2D eigenvalue weighted by Crippen LogP contribution is 2.27. The molecule has 0 aliphatic rings. The Morgan fingerprint density at radius 3 is 2.44 bits per heavy atom. The average molecular weight is 384 g/mol. The molecule has 0 aliphatic carbocycles. The van der Waals surface area contributed by atoms with Crippen LogP contribution >= 0.6 is 0 Å². The largest absolute Gasteiger partial charge is 0.573 e. The first-order valence-corrected chi connectivity index (χ1v) is 7.92. The number of rotatable bonds is 7. The van der Waals surface area contributed by atoms with Crippen molar-refractivity contribution in [3.05, 3.63) is 48.0 Å². The molecular weight excluding hydrogens is 365 g/mol. The van der Waals surface area contributed by atoms with E-state index in [-0.39, 0.29) is 5.69 Å². The first-order valence-electron chi connectivity index (χ1n) is 7.92. The van der Waals surface area contributed by atoms with Crippen molar-refractivity contribution in [2.75, 3.05) is 26.1 Å². The van der Waals surface area contributed by atoms with E-state index in [1.807, 2.05) is 6.07 Å². The number of anilines is 1. The number of halogens is 3. The van der Waals surface area contributed by atoms with E-state index in [0.29, 0.717) is 24.5 Å². The van der Waals surface area contributed by atoms with Crippen molar-refractivity contribution < 1.29 is 32.2 Å². The van der Waals surface area contributed by atoms with Gasteiger partial charge in [-0.25, -0.2) is 4.79 Å². The van der Waals surface area contributed by atoms with E-state index in [4.69, 9.17) is 9.47 Å². The fourth-order valence-electron chi connectivity index (χ4n) is 2.30. The lowest BCUT2D eigenvalue weighted by Gasteiger charge is -2.12. The summed E-state index contributed by atoms with van der Waals surface area (Å²) in [7, 11) is 3.07. The van der Waals surface area contributed by atoms with Gasteiger partial charge in [0.25, 0.3) is 0 Å². The standard InChI is InChI=1S/C18H19F3N2O4/c1-25-15-7-6-12(10-16(15)26-2)8-9-22-17(24)23-13-4-3-5-14(11-13)27-18(19,20)21/h3-7,10-11H,8-9H2,1-2H3,(H2,22,23,24). The summed E-state index contributed by atoms with van der Waals surface area (Å²) in [6.45, 7) is 0.320. The summed E-state index contributed by atoms with van der Waals surface area (Å²) < 4.78 is 50.9. The van der Waals surface area contributed by atoms with Gasteiger partial charge in [0.2, 0.25) is 0 Å². The van der Waals surface area contributed by atoms with Crippen LogP contribution in [0.2, 0.25) is 0 Å². The van der Waals surface area contributed by atoms with Gasteiger partial charge in [0.15, 0.2) is 11.5 Å². The molecule has 27 heavy (non-hydrogen) atoms. The smallest absolute Gasteiger partial charge is 0.493 e. The van der Waals surface area contributed by atoms with Crippen LogP contribution in [0.4, 0.5) is 23.7 Å². The van der Waals surface area contributed by atoms with E-state index in [9.17, 15) is 18.0 Å². The van der Waals surface area contributed by atoms with Crippen LogP contribution in [0.25, 0.3) is 0 Å². The summed E-state index contributed by atoms with van der Waals surface area (Å²) in [6.07, 6.45) is -4.26. The summed E-state index contributed by atoms with van der Waals surface area (Å²) in [6, 6.07) is 9.90. The Bertz CT molecular complexity index is 781. The summed E-state index contributed by atoms with van der Waals surface area (Å²) in [5.41, 5.74) is 1.11. The zero-order valence-corrected chi connectivity index (χ0v) is 14.7. The molecule has 0 bridgehead atoms. The molecule has 0 aromatic heterocycles. The minimum Gasteiger partial charge on any atom is -0.493 e. The fourth-order valence-corrected chi connectivity index (χ4v) is 2.30. The first kappa shape index (κ1) is 20.2. The van der Waals surface area contributed by atoms with Gasteiger partial charge in [0, 0.05) is 18.3 Å². The van der Waals surface area contributed by atoms with Crippen LogP contribution in [0.5, 0.6) is 17.2 Å². The second kappa shape index (κ2) is 9.02. The van der Waals surface area contributed by atoms with Crippen LogP contribution in [0.15, 0.2) is 42.5 Å². The quantitative estimate of drug-likeness (QED) is 0.758. The molecule has 0 spiro atoms. The molecule has 2 aromatic rings. The van der Waals surface area contributed by atoms with Gasteiger partial charge in [0.1, 0.15) is 5.75 Å². The van der Waals surface area contributed by atoms with Crippen LogP contribution in [-0.2, 0) is 6.42 Å². The number of methoxy groups -OCH3 is 2. The van der Waals surface area contributed by atoms with Crippen LogP contribution < -0.4 is 24.8 Å². The number of carbonyl (C=O) groups excluding carboxylic acids is 1. The molecule has 9 heteroatoms. The van der Waals surface area contributed by atoms with Gasteiger partial charge in [-0.3, -0.25) is 0 Å². The van der Waals surface area contributed by atoms with Crippen LogP contribution in [0, 0.1) is 0 Å². The number of nitrogens with one attached hydrogen (secondary N) is 2. The Hall–Kier alpha value is -3.10. The fraction of sp³-hybridized carbons (Fsp3) is 0.278. The minimum atomic E-state index is -4.79. The van der Waals surface area contributed by atoms with Gasteiger partial charge in [-0.15, -0.1) is 13.2 Å². The van der Waals surface area contributed by atoms with Gasteiger partial charge >= 0.3 is 12.4 Å².